The Kier molecular flexibility index (Phi) is 4.29. The molecule has 3 nitrogen and oxygen atoms in total. The largest absolute Gasteiger partial charge is 0.299 e. The van der Waals surface area contributed by atoms with Crippen LogP contribution in [0.4, 0.5) is 8.78 Å². The number of halogens is 2. The molecule has 0 unspecified atom stereocenters. The summed E-state index contributed by atoms with van der Waals surface area (Å²) in [6, 6.07) is 5.69. The minimum absolute atomic E-state index is 0.501. The molecule has 112 valence electrons. The van der Waals surface area contributed by atoms with Gasteiger partial charge < -0.3 is 0 Å². The maximum Gasteiger partial charge on any atom is 0.126 e. The highest BCUT2D eigenvalue weighted by Gasteiger charge is 2.20. The topological polar surface area (TPSA) is 21.1 Å². The minimum atomic E-state index is -0.501. The highest BCUT2D eigenvalue weighted by molar-refractivity contribution is 5.17. The molecule has 0 bridgehead atoms. The van der Waals surface area contributed by atoms with Gasteiger partial charge in [-0.15, -0.1) is 0 Å². The molecule has 0 aliphatic carbocycles. The van der Waals surface area contributed by atoms with Crippen LogP contribution in [0.3, 0.4) is 0 Å². The van der Waals surface area contributed by atoms with Gasteiger partial charge in [-0.1, -0.05) is 0 Å². The van der Waals surface area contributed by atoms with Crippen molar-refractivity contribution in [3.63, 3.8) is 0 Å². The first-order chi connectivity index (χ1) is 10.2. The van der Waals surface area contributed by atoms with Crippen LogP contribution < -0.4 is 0 Å². The molecule has 2 aromatic rings. The van der Waals surface area contributed by atoms with Gasteiger partial charge in [-0.05, 0) is 55.6 Å². The fourth-order valence-corrected chi connectivity index (χ4v) is 2.96. The van der Waals surface area contributed by atoms with Gasteiger partial charge in [-0.3, -0.25) is 9.58 Å². The van der Waals surface area contributed by atoms with E-state index in [2.05, 4.69) is 10.00 Å². The van der Waals surface area contributed by atoms with E-state index >= 15 is 0 Å². The Hall–Kier alpha value is -1.75. The van der Waals surface area contributed by atoms with Crippen molar-refractivity contribution < 1.29 is 8.78 Å². The van der Waals surface area contributed by atoms with E-state index in [1.54, 1.807) is 6.20 Å². The van der Waals surface area contributed by atoms with Crippen molar-refractivity contribution in [3.8, 4) is 0 Å². The van der Waals surface area contributed by atoms with E-state index in [9.17, 15) is 8.78 Å². The van der Waals surface area contributed by atoms with Crippen molar-refractivity contribution in [3.05, 3.63) is 53.9 Å². The maximum atomic E-state index is 13.2. The predicted octanol–water partition coefficient (Wildman–Crippen LogP) is 3.07. The van der Waals surface area contributed by atoms with Gasteiger partial charge in [-0.25, -0.2) is 8.78 Å². The third-order valence-corrected chi connectivity index (χ3v) is 4.04. The highest BCUT2D eigenvalue weighted by Crippen LogP contribution is 2.21. The first kappa shape index (κ1) is 14.2. The van der Waals surface area contributed by atoms with E-state index < -0.39 is 11.6 Å². The van der Waals surface area contributed by atoms with E-state index in [4.69, 9.17) is 0 Å². The fourth-order valence-electron chi connectivity index (χ4n) is 2.96. The van der Waals surface area contributed by atoms with Crippen molar-refractivity contribution in [2.24, 2.45) is 5.92 Å². The molecule has 3 rings (SSSR count). The van der Waals surface area contributed by atoms with Gasteiger partial charge in [0, 0.05) is 31.5 Å². The van der Waals surface area contributed by atoms with Gasteiger partial charge in [0.25, 0.3) is 0 Å². The van der Waals surface area contributed by atoms with Gasteiger partial charge in [0.15, 0.2) is 0 Å². The number of hydrogen-bond acceptors (Lipinski definition) is 2. The fraction of sp³-hybridized carbons (Fsp3) is 0.438. The van der Waals surface area contributed by atoms with Crippen molar-refractivity contribution >= 4 is 0 Å². The average Bonchev–Trinajstić information content (AvgIpc) is 2.93. The molecule has 0 atom stereocenters. The van der Waals surface area contributed by atoms with Crippen LogP contribution in [-0.2, 0) is 13.1 Å². The zero-order valence-electron chi connectivity index (χ0n) is 11.9. The van der Waals surface area contributed by atoms with Gasteiger partial charge in [0.1, 0.15) is 11.6 Å². The number of hydrogen-bond donors (Lipinski definition) is 0. The summed E-state index contributed by atoms with van der Waals surface area (Å²) < 4.78 is 28.3. The number of nitrogens with zero attached hydrogens (tertiary/aromatic N) is 3. The van der Waals surface area contributed by atoms with E-state index in [-0.39, 0.29) is 0 Å². The number of rotatable bonds is 4. The molecular weight excluding hydrogens is 272 g/mol. The Morgan fingerprint density at radius 2 is 1.81 bits per heavy atom. The number of piperidine rings is 1. The van der Waals surface area contributed by atoms with Crippen molar-refractivity contribution in [1.82, 2.24) is 14.7 Å². The molecule has 0 saturated carbocycles. The molecule has 1 aliphatic rings. The normalized spacial score (nSPS) is 17.2. The molecule has 0 spiro atoms. The van der Waals surface area contributed by atoms with Crippen LogP contribution in [0.2, 0.25) is 0 Å². The number of likely N-dealkylation sites (tertiary alicyclic amines) is 1. The summed E-state index contributed by atoms with van der Waals surface area (Å²) in [6.45, 7) is 3.49. The Morgan fingerprint density at radius 1 is 1.10 bits per heavy atom. The van der Waals surface area contributed by atoms with Gasteiger partial charge in [0.2, 0.25) is 0 Å². The average molecular weight is 291 g/mol. The van der Waals surface area contributed by atoms with E-state index in [1.165, 1.54) is 12.1 Å². The Balaban J connectivity index is 1.51. The summed E-state index contributed by atoms with van der Waals surface area (Å²) in [5.41, 5.74) is 0.707. The molecule has 1 aromatic heterocycles. The lowest BCUT2D eigenvalue weighted by Gasteiger charge is -2.31. The van der Waals surface area contributed by atoms with Gasteiger partial charge in [-0.2, -0.15) is 5.10 Å². The molecule has 0 N–H and O–H groups in total. The molecular formula is C16H19F2N3. The highest BCUT2D eigenvalue weighted by atomic mass is 19.1. The second-order valence-electron chi connectivity index (χ2n) is 5.73. The molecule has 1 fully saturated rings. The second-order valence-corrected chi connectivity index (χ2v) is 5.73. The third kappa shape index (κ3) is 3.88. The summed E-state index contributed by atoms with van der Waals surface area (Å²) in [6.07, 6.45) is 5.98. The van der Waals surface area contributed by atoms with Gasteiger partial charge in [0.05, 0.1) is 0 Å². The summed E-state index contributed by atoms with van der Waals surface area (Å²) >= 11 is 0. The molecule has 2 heterocycles. The first-order valence-electron chi connectivity index (χ1n) is 7.34. The number of benzene rings is 1. The SMILES string of the molecule is Fc1cc(F)cc(CN2CCC(Cn3cccn3)CC2)c1. The van der Waals surface area contributed by atoms with Crippen molar-refractivity contribution in [2.45, 2.75) is 25.9 Å². The summed E-state index contributed by atoms with van der Waals surface area (Å²) in [5.74, 6) is -0.373. The zero-order chi connectivity index (χ0) is 14.7. The second kappa shape index (κ2) is 6.35. The van der Waals surface area contributed by atoms with Crippen LogP contribution in [-0.4, -0.2) is 27.8 Å². The molecule has 5 heteroatoms. The van der Waals surface area contributed by atoms with Crippen LogP contribution in [0, 0.1) is 17.6 Å². The molecule has 1 aliphatic heterocycles. The van der Waals surface area contributed by atoms with Crippen LogP contribution in [0.25, 0.3) is 0 Å². The Labute approximate surface area is 123 Å². The van der Waals surface area contributed by atoms with Crippen LogP contribution in [0.5, 0.6) is 0 Å². The lowest BCUT2D eigenvalue weighted by molar-refractivity contribution is 0.164. The molecule has 1 saturated heterocycles. The standard InChI is InChI=1S/C16H19F2N3/c17-15-8-14(9-16(18)10-15)11-20-6-2-13(3-7-20)12-21-5-1-4-19-21/h1,4-5,8-10,13H,2-3,6-7,11-12H2. The molecule has 0 radical (unpaired) electrons. The van der Waals surface area contributed by atoms with Crippen molar-refractivity contribution in [1.29, 1.82) is 0 Å². The zero-order valence-corrected chi connectivity index (χ0v) is 11.9. The predicted molar refractivity (Wildman–Crippen MR) is 76.6 cm³/mol. The van der Waals surface area contributed by atoms with E-state index in [0.717, 1.165) is 38.5 Å². The van der Waals surface area contributed by atoms with E-state index in [1.807, 2.05) is 16.9 Å². The molecule has 1 aromatic carbocycles. The van der Waals surface area contributed by atoms with Crippen LogP contribution in [0.15, 0.2) is 36.7 Å². The summed E-state index contributed by atoms with van der Waals surface area (Å²) in [4.78, 5) is 2.26. The third-order valence-electron chi connectivity index (χ3n) is 4.04. The smallest absolute Gasteiger partial charge is 0.126 e. The summed E-state index contributed by atoms with van der Waals surface area (Å²) in [5, 5.41) is 4.24. The van der Waals surface area contributed by atoms with E-state index in [0.29, 0.717) is 18.0 Å². The minimum Gasteiger partial charge on any atom is -0.299 e. The molecule has 21 heavy (non-hydrogen) atoms. The summed E-state index contributed by atoms with van der Waals surface area (Å²) in [7, 11) is 0. The number of aromatic nitrogens is 2. The maximum absolute atomic E-state index is 13.2. The quantitative estimate of drug-likeness (QED) is 0.863. The first-order valence-corrected chi connectivity index (χ1v) is 7.34. The Bertz CT molecular complexity index is 555. The lowest BCUT2D eigenvalue weighted by atomic mass is 9.96. The van der Waals surface area contributed by atoms with Crippen molar-refractivity contribution in [2.75, 3.05) is 13.1 Å². The van der Waals surface area contributed by atoms with Crippen LogP contribution in [0.1, 0.15) is 18.4 Å². The van der Waals surface area contributed by atoms with Crippen LogP contribution >= 0.6 is 0 Å². The van der Waals surface area contributed by atoms with Gasteiger partial charge >= 0.3 is 0 Å². The molecule has 0 amide bonds. The lowest BCUT2D eigenvalue weighted by Crippen LogP contribution is -2.34. The Morgan fingerprint density at radius 3 is 2.43 bits per heavy atom. The monoisotopic (exact) mass is 291 g/mol.